The fraction of sp³-hybridized carbons (Fsp3) is 0.375. The van der Waals surface area contributed by atoms with E-state index in [9.17, 15) is 9.59 Å². The molecule has 0 atom stereocenters. The Morgan fingerprint density at radius 2 is 2.10 bits per heavy atom. The minimum absolute atomic E-state index is 0.00532. The number of amides is 2. The van der Waals surface area contributed by atoms with Crippen molar-refractivity contribution in [2.45, 2.75) is 26.3 Å². The predicted octanol–water partition coefficient (Wildman–Crippen LogP) is 0.756. The molecule has 5 nitrogen and oxygen atoms in total. The second kappa shape index (κ2) is 8.08. The third-order valence-electron chi connectivity index (χ3n) is 2.79. The van der Waals surface area contributed by atoms with E-state index in [-0.39, 0.29) is 25.1 Å². The molecule has 2 amide bonds. The first-order valence-corrected chi connectivity index (χ1v) is 6.74. The van der Waals surface area contributed by atoms with Crippen LogP contribution in [0, 0.1) is 11.8 Å². The maximum atomic E-state index is 12.4. The van der Waals surface area contributed by atoms with Gasteiger partial charge in [-0.25, -0.2) is 0 Å². The minimum Gasteiger partial charge on any atom is -0.395 e. The Balaban J connectivity index is 2.98. The molecule has 1 rings (SSSR count). The summed E-state index contributed by atoms with van der Waals surface area (Å²) < 4.78 is 0. The van der Waals surface area contributed by atoms with Crippen molar-refractivity contribution in [1.82, 2.24) is 4.90 Å². The van der Waals surface area contributed by atoms with Crippen molar-refractivity contribution in [3.05, 3.63) is 35.4 Å². The number of primary amides is 1. The lowest BCUT2D eigenvalue weighted by molar-refractivity contribution is -0.119. The zero-order valence-electron chi connectivity index (χ0n) is 12.3. The molecule has 0 aromatic heterocycles. The second-order valence-corrected chi connectivity index (χ2v) is 4.85. The number of nitrogens with zero attached hydrogens (tertiary/aromatic N) is 1. The number of hydrogen-bond donors (Lipinski definition) is 2. The first-order valence-electron chi connectivity index (χ1n) is 6.74. The Bertz CT molecular complexity index is 570. The minimum atomic E-state index is -0.545. The molecule has 1 aromatic carbocycles. The van der Waals surface area contributed by atoms with E-state index in [4.69, 9.17) is 10.8 Å². The molecule has 0 aliphatic heterocycles. The molecule has 0 saturated carbocycles. The van der Waals surface area contributed by atoms with Crippen molar-refractivity contribution in [2.75, 3.05) is 13.2 Å². The van der Waals surface area contributed by atoms with Gasteiger partial charge in [0.1, 0.15) is 0 Å². The zero-order valence-corrected chi connectivity index (χ0v) is 12.3. The van der Waals surface area contributed by atoms with Gasteiger partial charge in [-0.15, -0.1) is 0 Å². The van der Waals surface area contributed by atoms with Gasteiger partial charge < -0.3 is 15.7 Å². The van der Waals surface area contributed by atoms with Crippen LogP contribution in [0.3, 0.4) is 0 Å². The van der Waals surface area contributed by atoms with Crippen LogP contribution in [-0.2, 0) is 4.79 Å². The average molecular weight is 288 g/mol. The number of aliphatic hydroxyl groups excluding tert-OH is 1. The summed E-state index contributed by atoms with van der Waals surface area (Å²) in [6.45, 7) is 3.54. The van der Waals surface area contributed by atoms with Crippen molar-refractivity contribution < 1.29 is 14.7 Å². The fourth-order valence-corrected chi connectivity index (χ4v) is 1.77. The van der Waals surface area contributed by atoms with Crippen LogP contribution >= 0.6 is 0 Å². The number of rotatable bonds is 5. The first-order chi connectivity index (χ1) is 9.95. The van der Waals surface area contributed by atoms with Crippen LogP contribution in [0.2, 0.25) is 0 Å². The summed E-state index contributed by atoms with van der Waals surface area (Å²) in [6, 6.07) is 6.74. The lowest BCUT2D eigenvalue weighted by atomic mass is 10.1. The molecule has 0 radical (unpaired) electrons. The van der Waals surface area contributed by atoms with E-state index in [2.05, 4.69) is 11.8 Å². The number of hydrogen-bond acceptors (Lipinski definition) is 3. The maximum absolute atomic E-state index is 12.4. The predicted molar refractivity (Wildman–Crippen MR) is 80.4 cm³/mol. The molecule has 0 unspecified atom stereocenters. The molecule has 0 aliphatic rings. The van der Waals surface area contributed by atoms with Crippen LogP contribution in [0.4, 0.5) is 0 Å². The Morgan fingerprint density at radius 3 is 2.67 bits per heavy atom. The van der Waals surface area contributed by atoms with Crippen molar-refractivity contribution in [3.8, 4) is 11.8 Å². The molecule has 21 heavy (non-hydrogen) atoms. The average Bonchev–Trinajstić information content (AvgIpc) is 2.44. The molecule has 0 saturated heterocycles. The number of benzene rings is 1. The lowest BCUT2D eigenvalue weighted by Gasteiger charge is -2.25. The van der Waals surface area contributed by atoms with Gasteiger partial charge in [-0.2, -0.15) is 0 Å². The number of carbonyl (C=O) groups excluding carboxylic acids is 2. The van der Waals surface area contributed by atoms with Gasteiger partial charge in [0.2, 0.25) is 5.91 Å². The summed E-state index contributed by atoms with van der Waals surface area (Å²) in [5, 5.41) is 8.70. The van der Waals surface area contributed by atoms with E-state index < -0.39 is 5.91 Å². The van der Waals surface area contributed by atoms with Crippen molar-refractivity contribution in [3.63, 3.8) is 0 Å². The van der Waals surface area contributed by atoms with Crippen LogP contribution in [0.1, 0.15) is 36.2 Å². The largest absolute Gasteiger partial charge is 0.395 e. The zero-order chi connectivity index (χ0) is 15.8. The highest BCUT2D eigenvalue weighted by molar-refractivity contribution is 5.96. The molecule has 0 fully saturated rings. The molecule has 112 valence electrons. The molecule has 0 bridgehead atoms. The highest BCUT2D eigenvalue weighted by atomic mass is 16.2. The first kappa shape index (κ1) is 16.7. The van der Waals surface area contributed by atoms with E-state index in [1.54, 1.807) is 24.3 Å². The second-order valence-electron chi connectivity index (χ2n) is 4.85. The van der Waals surface area contributed by atoms with Gasteiger partial charge in [0.25, 0.3) is 5.91 Å². The van der Waals surface area contributed by atoms with Crippen LogP contribution in [-0.4, -0.2) is 41.0 Å². The van der Waals surface area contributed by atoms with Crippen LogP contribution in [0.25, 0.3) is 0 Å². The maximum Gasteiger partial charge on any atom is 0.254 e. The molecule has 0 heterocycles. The number of aliphatic hydroxyl groups is 1. The quantitative estimate of drug-likeness (QED) is 0.784. The molecular formula is C16H20N2O3. The van der Waals surface area contributed by atoms with Crippen LogP contribution < -0.4 is 5.73 Å². The molecule has 5 heteroatoms. The molecule has 0 aliphatic carbocycles. The van der Waals surface area contributed by atoms with Crippen molar-refractivity contribution >= 4 is 11.8 Å². The summed E-state index contributed by atoms with van der Waals surface area (Å²) in [5.41, 5.74) is 6.33. The molecule has 3 N–H and O–H groups in total. The van der Waals surface area contributed by atoms with E-state index in [0.29, 0.717) is 17.5 Å². The van der Waals surface area contributed by atoms with Gasteiger partial charge in [0, 0.05) is 23.6 Å². The Morgan fingerprint density at radius 1 is 1.38 bits per heavy atom. The molecular weight excluding hydrogens is 268 g/mol. The van der Waals surface area contributed by atoms with Gasteiger partial charge in [0.05, 0.1) is 13.2 Å². The highest BCUT2D eigenvalue weighted by Crippen LogP contribution is 2.10. The number of nitrogens with two attached hydrogens (primary N) is 1. The molecule has 0 spiro atoms. The van der Waals surface area contributed by atoms with E-state index in [0.717, 1.165) is 0 Å². The van der Waals surface area contributed by atoms with Gasteiger partial charge in [-0.1, -0.05) is 17.9 Å². The van der Waals surface area contributed by atoms with Gasteiger partial charge in [-0.05, 0) is 32.0 Å². The monoisotopic (exact) mass is 288 g/mol. The van der Waals surface area contributed by atoms with Crippen LogP contribution in [0.15, 0.2) is 24.3 Å². The Hall–Kier alpha value is -2.32. The summed E-state index contributed by atoms with van der Waals surface area (Å²) in [5.74, 6) is 4.88. The third kappa shape index (κ3) is 5.28. The summed E-state index contributed by atoms with van der Waals surface area (Å²) in [7, 11) is 0. The fourth-order valence-electron chi connectivity index (χ4n) is 1.77. The van der Waals surface area contributed by atoms with Crippen LogP contribution in [0.5, 0.6) is 0 Å². The third-order valence-corrected chi connectivity index (χ3v) is 2.79. The molecule has 1 aromatic rings. The summed E-state index contributed by atoms with van der Waals surface area (Å²) in [4.78, 5) is 24.9. The van der Waals surface area contributed by atoms with Gasteiger partial charge in [-0.3, -0.25) is 9.59 Å². The van der Waals surface area contributed by atoms with E-state index in [1.807, 2.05) is 13.8 Å². The Labute approximate surface area is 124 Å². The normalized spacial score (nSPS) is 9.90. The van der Waals surface area contributed by atoms with Crippen molar-refractivity contribution in [1.29, 1.82) is 0 Å². The highest BCUT2D eigenvalue weighted by Gasteiger charge is 2.20. The standard InChI is InChI=1S/C16H20N2O3/c1-12(2)18(11-15(17)20)16(21)14-8-5-7-13(10-14)6-3-4-9-19/h5,7-8,10,12,19H,4,9,11H2,1-2H3,(H2,17,20). The SMILES string of the molecule is CC(C)N(CC(N)=O)C(=O)c1cccc(C#CCCO)c1. The Kier molecular flexibility index (Phi) is 6.44. The van der Waals surface area contributed by atoms with Crippen molar-refractivity contribution in [2.24, 2.45) is 5.73 Å². The van der Waals surface area contributed by atoms with Gasteiger partial charge in [0.15, 0.2) is 0 Å². The van der Waals surface area contributed by atoms with Gasteiger partial charge >= 0.3 is 0 Å². The smallest absolute Gasteiger partial charge is 0.254 e. The van der Waals surface area contributed by atoms with E-state index >= 15 is 0 Å². The van der Waals surface area contributed by atoms with E-state index in [1.165, 1.54) is 4.90 Å². The topological polar surface area (TPSA) is 83.6 Å². The lowest BCUT2D eigenvalue weighted by Crippen LogP contribution is -2.42. The summed E-state index contributed by atoms with van der Waals surface area (Å²) in [6.07, 6.45) is 0.387. The number of carbonyl (C=O) groups is 2. The summed E-state index contributed by atoms with van der Waals surface area (Å²) >= 11 is 0.